The molecule has 1 amide bonds. The van der Waals surface area contributed by atoms with Crippen LogP contribution in [0.1, 0.15) is 55.7 Å². The van der Waals surface area contributed by atoms with Crippen LogP contribution < -0.4 is 9.46 Å². The van der Waals surface area contributed by atoms with Crippen molar-refractivity contribution in [1.29, 1.82) is 0 Å². The van der Waals surface area contributed by atoms with Crippen molar-refractivity contribution in [3.63, 3.8) is 0 Å². The molecule has 0 radical (unpaired) electrons. The van der Waals surface area contributed by atoms with E-state index in [-0.39, 0.29) is 17.9 Å². The van der Waals surface area contributed by atoms with Gasteiger partial charge in [0.2, 0.25) is 15.9 Å². The highest BCUT2D eigenvalue weighted by Crippen LogP contribution is 2.37. The van der Waals surface area contributed by atoms with Gasteiger partial charge >= 0.3 is 0 Å². The highest BCUT2D eigenvalue weighted by molar-refractivity contribution is 7.92. The summed E-state index contributed by atoms with van der Waals surface area (Å²) in [4.78, 5) is 13.4. The van der Waals surface area contributed by atoms with Crippen LogP contribution in [0, 0.1) is 5.92 Å². The maximum Gasteiger partial charge on any atom is 0.246 e. The lowest BCUT2D eigenvalue weighted by atomic mass is 9.88. The van der Waals surface area contributed by atoms with Crippen molar-refractivity contribution < 1.29 is 17.9 Å². The van der Waals surface area contributed by atoms with E-state index in [1.54, 1.807) is 30.3 Å². The van der Waals surface area contributed by atoms with Gasteiger partial charge in [-0.05, 0) is 48.2 Å². The second kappa shape index (κ2) is 9.32. The first-order valence-corrected chi connectivity index (χ1v) is 12.9. The summed E-state index contributed by atoms with van der Waals surface area (Å²) in [6.07, 6.45) is 6.83. The molecule has 8 heteroatoms. The van der Waals surface area contributed by atoms with Gasteiger partial charge in [0.25, 0.3) is 0 Å². The van der Waals surface area contributed by atoms with Crippen LogP contribution in [0.5, 0.6) is 5.75 Å². The van der Waals surface area contributed by atoms with Gasteiger partial charge in [-0.15, -0.1) is 0 Å². The zero-order valence-corrected chi connectivity index (χ0v) is 19.3. The van der Waals surface area contributed by atoms with Gasteiger partial charge in [-0.25, -0.2) is 13.4 Å². The van der Waals surface area contributed by atoms with Crippen molar-refractivity contribution in [3.8, 4) is 5.75 Å². The second-order valence-electron chi connectivity index (χ2n) is 8.51. The van der Waals surface area contributed by atoms with E-state index in [4.69, 9.17) is 9.84 Å². The van der Waals surface area contributed by atoms with E-state index >= 15 is 0 Å². The maximum absolute atomic E-state index is 13.4. The Bertz CT molecular complexity index is 1110. The molecule has 2 aliphatic rings. The molecule has 1 N–H and O–H groups in total. The summed E-state index contributed by atoms with van der Waals surface area (Å²) in [6.45, 7) is 0. The molecule has 1 heterocycles. The number of methoxy groups -OCH3 is 1. The number of hydrogen-bond acceptors (Lipinski definition) is 5. The first-order chi connectivity index (χ1) is 15.3. The molecule has 2 aromatic carbocycles. The van der Waals surface area contributed by atoms with Crippen LogP contribution >= 0.6 is 0 Å². The predicted octanol–water partition coefficient (Wildman–Crippen LogP) is 4.32. The number of amides is 1. The highest BCUT2D eigenvalue weighted by Gasteiger charge is 2.36. The third-order valence-corrected chi connectivity index (χ3v) is 6.70. The number of rotatable bonds is 6. The van der Waals surface area contributed by atoms with Crippen LogP contribution in [0.15, 0.2) is 53.6 Å². The molecule has 2 aromatic rings. The van der Waals surface area contributed by atoms with Crippen molar-refractivity contribution in [3.05, 3.63) is 59.7 Å². The fourth-order valence-electron chi connectivity index (χ4n) is 4.49. The van der Waals surface area contributed by atoms with Crippen LogP contribution in [0.3, 0.4) is 0 Å². The molecule has 1 fully saturated rings. The van der Waals surface area contributed by atoms with Crippen molar-refractivity contribution in [1.82, 2.24) is 5.01 Å². The van der Waals surface area contributed by atoms with Gasteiger partial charge in [-0.1, -0.05) is 43.5 Å². The first kappa shape index (κ1) is 22.3. The van der Waals surface area contributed by atoms with Crippen molar-refractivity contribution >= 4 is 27.3 Å². The quantitative estimate of drug-likeness (QED) is 0.702. The number of nitrogens with one attached hydrogen (secondary N) is 1. The molecule has 1 saturated carbocycles. The number of anilines is 1. The summed E-state index contributed by atoms with van der Waals surface area (Å²) in [5.41, 5.74) is 3.05. The van der Waals surface area contributed by atoms with Gasteiger partial charge in [0.15, 0.2) is 0 Å². The van der Waals surface area contributed by atoms with E-state index < -0.39 is 10.0 Å². The standard InChI is InChI=1S/C24H29N3O4S/c1-31-21-13-11-17(12-14-21)23-16-22(19-9-6-10-20(15-19)26-32(2,29)30)25-27(23)24(28)18-7-4-3-5-8-18/h6,9-15,18,23,26H,3-5,7-8,16H2,1-2H3/t23-/m0/s1. The minimum atomic E-state index is -3.38. The monoisotopic (exact) mass is 455 g/mol. The number of benzene rings is 2. The second-order valence-corrected chi connectivity index (χ2v) is 10.3. The Labute approximate surface area is 189 Å². The predicted molar refractivity (Wildman–Crippen MR) is 125 cm³/mol. The Morgan fingerprint density at radius 1 is 1.09 bits per heavy atom. The molecule has 1 aliphatic heterocycles. The summed E-state index contributed by atoms with van der Waals surface area (Å²) in [5.74, 6) is 0.842. The Balaban J connectivity index is 1.66. The topological polar surface area (TPSA) is 88.1 Å². The zero-order chi connectivity index (χ0) is 22.7. The van der Waals surface area contributed by atoms with Crippen LogP contribution in [-0.2, 0) is 14.8 Å². The molecule has 170 valence electrons. The molecule has 0 aromatic heterocycles. The molecule has 0 spiro atoms. The molecule has 0 saturated heterocycles. The van der Waals surface area contributed by atoms with E-state index in [0.29, 0.717) is 12.1 Å². The van der Waals surface area contributed by atoms with Crippen molar-refractivity contribution in [2.24, 2.45) is 11.0 Å². The van der Waals surface area contributed by atoms with E-state index in [1.165, 1.54) is 6.42 Å². The van der Waals surface area contributed by atoms with Gasteiger partial charge < -0.3 is 4.74 Å². The number of hydrogen-bond donors (Lipinski definition) is 1. The molecule has 7 nitrogen and oxygen atoms in total. The molecular weight excluding hydrogens is 426 g/mol. The Hall–Kier alpha value is -2.87. The zero-order valence-electron chi connectivity index (χ0n) is 18.5. The van der Waals surface area contributed by atoms with E-state index in [9.17, 15) is 13.2 Å². The van der Waals surface area contributed by atoms with Crippen molar-refractivity contribution in [2.75, 3.05) is 18.1 Å². The first-order valence-electron chi connectivity index (χ1n) is 11.0. The van der Waals surface area contributed by atoms with Crippen LogP contribution in [-0.4, -0.2) is 38.4 Å². The molecule has 1 aliphatic carbocycles. The number of carbonyl (C=O) groups is 1. The summed E-state index contributed by atoms with van der Waals surface area (Å²) in [5, 5.41) is 6.42. The van der Waals surface area contributed by atoms with Gasteiger partial charge in [0.05, 0.1) is 25.1 Å². The van der Waals surface area contributed by atoms with Crippen molar-refractivity contribution in [2.45, 2.75) is 44.6 Å². The summed E-state index contributed by atoms with van der Waals surface area (Å²) in [7, 11) is -1.76. The molecule has 32 heavy (non-hydrogen) atoms. The highest BCUT2D eigenvalue weighted by atomic mass is 32.2. The average Bonchev–Trinajstić information content (AvgIpc) is 3.24. The number of carbonyl (C=O) groups excluding carboxylic acids is 1. The minimum Gasteiger partial charge on any atom is -0.497 e. The van der Waals surface area contributed by atoms with Crippen LogP contribution in [0.25, 0.3) is 0 Å². The number of sulfonamides is 1. The Kier molecular flexibility index (Phi) is 6.50. The van der Waals surface area contributed by atoms with Crippen LogP contribution in [0.2, 0.25) is 0 Å². The van der Waals surface area contributed by atoms with Gasteiger partial charge in [-0.2, -0.15) is 5.10 Å². The average molecular weight is 456 g/mol. The van der Waals surface area contributed by atoms with Gasteiger partial charge in [0, 0.05) is 18.0 Å². The van der Waals surface area contributed by atoms with E-state index in [0.717, 1.165) is 54.5 Å². The Morgan fingerprint density at radius 2 is 1.81 bits per heavy atom. The van der Waals surface area contributed by atoms with E-state index in [1.807, 2.05) is 30.3 Å². The summed E-state index contributed by atoms with van der Waals surface area (Å²) in [6, 6.07) is 14.7. The minimum absolute atomic E-state index is 0.00540. The third-order valence-electron chi connectivity index (χ3n) is 6.09. The fraction of sp³-hybridized carbons (Fsp3) is 0.417. The lowest BCUT2D eigenvalue weighted by Crippen LogP contribution is -2.33. The molecule has 0 bridgehead atoms. The molecular formula is C24H29N3O4S. The fourth-order valence-corrected chi connectivity index (χ4v) is 5.04. The summed E-state index contributed by atoms with van der Waals surface area (Å²) < 4.78 is 31.1. The van der Waals surface area contributed by atoms with Crippen LogP contribution in [0.4, 0.5) is 5.69 Å². The largest absolute Gasteiger partial charge is 0.497 e. The summed E-state index contributed by atoms with van der Waals surface area (Å²) >= 11 is 0. The lowest BCUT2D eigenvalue weighted by Gasteiger charge is -2.28. The molecule has 1 atom stereocenters. The third kappa shape index (κ3) is 5.12. The lowest BCUT2D eigenvalue weighted by molar-refractivity contribution is -0.138. The van der Waals surface area contributed by atoms with Gasteiger partial charge in [-0.3, -0.25) is 9.52 Å². The normalized spacial score (nSPS) is 19.5. The SMILES string of the molecule is COc1ccc([C@@H]2CC(c3cccc(NS(C)(=O)=O)c3)=NN2C(=O)C2CCCCC2)cc1. The van der Waals surface area contributed by atoms with E-state index in [2.05, 4.69) is 4.72 Å². The number of ether oxygens (including phenoxy) is 1. The molecule has 4 rings (SSSR count). The van der Waals surface area contributed by atoms with Gasteiger partial charge in [0.1, 0.15) is 5.75 Å². The maximum atomic E-state index is 13.4. The molecule has 0 unspecified atom stereocenters. The Morgan fingerprint density at radius 3 is 2.47 bits per heavy atom. The number of hydrazone groups is 1. The number of nitrogens with zero attached hydrogens (tertiary/aromatic N) is 2. The smallest absolute Gasteiger partial charge is 0.246 e.